The zero-order valence-electron chi connectivity index (χ0n) is 12.7. The second-order valence-electron chi connectivity index (χ2n) is 5.19. The van der Waals surface area contributed by atoms with Gasteiger partial charge in [0.05, 0.1) is 23.6 Å². The second kappa shape index (κ2) is 6.84. The summed E-state index contributed by atoms with van der Waals surface area (Å²) < 4.78 is 20.7. The van der Waals surface area contributed by atoms with E-state index >= 15 is 0 Å². The first-order valence-corrected chi connectivity index (χ1v) is 8.34. The number of hydrogen-bond acceptors (Lipinski definition) is 4. The molecular formula is C17H13ClFNO3S. The molecule has 4 nitrogen and oxygen atoms in total. The molecule has 24 heavy (non-hydrogen) atoms. The molecule has 0 saturated carbocycles. The highest BCUT2D eigenvalue weighted by atomic mass is 35.5. The quantitative estimate of drug-likeness (QED) is 0.645. The maximum atomic E-state index is 13.4. The highest BCUT2D eigenvalue weighted by molar-refractivity contribution is 7.18. The van der Waals surface area contributed by atoms with Gasteiger partial charge in [0.1, 0.15) is 12.1 Å². The topological polar surface area (TPSA) is 48.3 Å². The summed E-state index contributed by atoms with van der Waals surface area (Å²) >= 11 is 7.27. The number of nitrogens with zero attached hydrogens (tertiary/aromatic N) is 1. The summed E-state index contributed by atoms with van der Waals surface area (Å²) in [5.41, 5.74) is 1.86. The number of rotatable bonds is 5. The van der Waals surface area contributed by atoms with Gasteiger partial charge in [0, 0.05) is 34.5 Å². The fourth-order valence-corrected chi connectivity index (χ4v) is 3.85. The fraction of sp³-hybridized carbons (Fsp3) is 0.176. The van der Waals surface area contributed by atoms with Crippen molar-refractivity contribution in [3.05, 3.63) is 56.5 Å². The summed E-state index contributed by atoms with van der Waals surface area (Å²) in [7, 11) is 1.56. The van der Waals surface area contributed by atoms with E-state index in [1.165, 1.54) is 28.0 Å². The molecule has 0 saturated heterocycles. The fourth-order valence-electron chi connectivity index (χ4n) is 2.61. The molecule has 7 heteroatoms. The minimum absolute atomic E-state index is 0.00638. The number of pyridine rings is 1. The van der Waals surface area contributed by atoms with Gasteiger partial charge in [-0.2, -0.15) is 0 Å². The molecule has 3 aromatic rings. The van der Waals surface area contributed by atoms with Gasteiger partial charge < -0.3 is 14.1 Å². The number of ether oxygens (including phenoxy) is 1. The summed E-state index contributed by atoms with van der Waals surface area (Å²) in [6.45, 7) is 0.282. The van der Waals surface area contributed by atoms with Gasteiger partial charge >= 0.3 is 0 Å². The van der Waals surface area contributed by atoms with E-state index in [0.717, 1.165) is 10.3 Å². The Hall–Kier alpha value is -2.02. The number of halogens is 2. The summed E-state index contributed by atoms with van der Waals surface area (Å²) in [6.07, 6.45) is 2.31. The molecule has 3 rings (SSSR count). The van der Waals surface area contributed by atoms with E-state index < -0.39 is 5.82 Å². The number of methoxy groups -OCH3 is 1. The molecule has 0 N–H and O–H groups in total. The van der Waals surface area contributed by atoms with Crippen LogP contribution in [0, 0.1) is 5.82 Å². The van der Waals surface area contributed by atoms with Crippen LogP contribution in [0.15, 0.2) is 34.6 Å². The van der Waals surface area contributed by atoms with Crippen LogP contribution in [0.2, 0.25) is 5.02 Å². The largest absolute Gasteiger partial charge is 0.380 e. The molecule has 0 amide bonds. The number of carbonyl (C=O) groups excluding carboxylic acids is 1. The molecule has 0 atom stereocenters. The van der Waals surface area contributed by atoms with Crippen LogP contribution in [0.1, 0.15) is 5.56 Å². The molecule has 2 aromatic heterocycles. The van der Waals surface area contributed by atoms with E-state index in [1.807, 2.05) is 5.38 Å². The van der Waals surface area contributed by atoms with Crippen molar-refractivity contribution in [1.82, 2.24) is 4.57 Å². The molecule has 0 radical (unpaired) electrons. The highest BCUT2D eigenvalue weighted by Crippen LogP contribution is 2.35. The van der Waals surface area contributed by atoms with Crippen LogP contribution in [-0.2, 0) is 22.7 Å². The third-order valence-electron chi connectivity index (χ3n) is 3.67. The molecule has 0 unspecified atom stereocenters. The Morgan fingerprint density at radius 1 is 1.42 bits per heavy atom. The summed E-state index contributed by atoms with van der Waals surface area (Å²) in [5.74, 6) is -0.515. The van der Waals surface area contributed by atoms with E-state index in [4.69, 9.17) is 16.3 Å². The van der Waals surface area contributed by atoms with Crippen molar-refractivity contribution in [2.45, 2.75) is 13.2 Å². The van der Waals surface area contributed by atoms with Crippen LogP contribution >= 0.6 is 22.9 Å². The van der Waals surface area contributed by atoms with Gasteiger partial charge in [-0.25, -0.2) is 4.39 Å². The average molecular weight is 366 g/mol. The van der Waals surface area contributed by atoms with Gasteiger partial charge in [0.15, 0.2) is 0 Å². The number of hydrogen-bond donors (Lipinski definition) is 0. The van der Waals surface area contributed by atoms with Crippen LogP contribution < -0.4 is 5.56 Å². The van der Waals surface area contributed by atoms with Gasteiger partial charge in [0.25, 0.3) is 5.56 Å². The smallest absolute Gasteiger partial charge is 0.260 e. The summed E-state index contributed by atoms with van der Waals surface area (Å²) in [5, 5.41) is 2.31. The molecule has 2 heterocycles. The van der Waals surface area contributed by atoms with E-state index in [2.05, 4.69) is 0 Å². The molecular weight excluding hydrogens is 353 g/mol. The number of aromatic nitrogens is 1. The molecule has 0 fully saturated rings. The summed E-state index contributed by atoms with van der Waals surface area (Å²) in [6, 6.07) is 4.34. The zero-order valence-corrected chi connectivity index (χ0v) is 14.3. The van der Waals surface area contributed by atoms with Crippen LogP contribution in [0.4, 0.5) is 4.39 Å². The Bertz CT molecular complexity index is 980. The van der Waals surface area contributed by atoms with Crippen molar-refractivity contribution in [3.8, 4) is 11.1 Å². The maximum Gasteiger partial charge on any atom is 0.260 e. The number of thiophene rings is 1. The monoisotopic (exact) mass is 365 g/mol. The Morgan fingerprint density at radius 3 is 2.88 bits per heavy atom. The van der Waals surface area contributed by atoms with Crippen molar-refractivity contribution in [3.63, 3.8) is 0 Å². The van der Waals surface area contributed by atoms with Crippen molar-refractivity contribution < 1.29 is 13.9 Å². The number of benzene rings is 1. The average Bonchev–Trinajstić information content (AvgIpc) is 3.00. The maximum absolute atomic E-state index is 13.4. The molecule has 0 bridgehead atoms. The van der Waals surface area contributed by atoms with Crippen molar-refractivity contribution in [2.75, 3.05) is 7.11 Å². The lowest BCUT2D eigenvalue weighted by Gasteiger charge is -2.08. The standard InChI is InChI=1S/C17H13ClFNO3S/c1-23-8-11-7-20(4-5-21)17(22)15-12(9-24-16(11)15)10-2-3-14(19)13(18)6-10/h2-3,5-7,9H,4,8H2,1H3. The number of fused-ring (bicyclic) bond motifs is 1. The van der Waals surface area contributed by atoms with Crippen molar-refractivity contribution in [2.24, 2.45) is 0 Å². The zero-order chi connectivity index (χ0) is 17.3. The predicted molar refractivity (Wildman–Crippen MR) is 93.3 cm³/mol. The van der Waals surface area contributed by atoms with Crippen LogP contribution in [0.25, 0.3) is 21.2 Å². The molecule has 0 spiro atoms. The van der Waals surface area contributed by atoms with E-state index in [1.54, 1.807) is 19.4 Å². The molecule has 124 valence electrons. The lowest BCUT2D eigenvalue weighted by Crippen LogP contribution is -2.21. The normalized spacial score (nSPS) is 11.1. The summed E-state index contributed by atoms with van der Waals surface area (Å²) in [4.78, 5) is 23.6. The Labute approximate surface area is 146 Å². The van der Waals surface area contributed by atoms with E-state index in [9.17, 15) is 14.0 Å². The van der Waals surface area contributed by atoms with Crippen LogP contribution in [0.3, 0.4) is 0 Å². The van der Waals surface area contributed by atoms with Crippen molar-refractivity contribution in [1.29, 1.82) is 0 Å². The molecule has 0 aliphatic rings. The lowest BCUT2D eigenvalue weighted by molar-refractivity contribution is -0.108. The molecule has 1 aromatic carbocycles. The van der Waals surface area contributed by atoms with Gasteiger partial charge in [-0.15, -0.1) is 11.3 Å². The first-order valence-electron chi connectivity index (χ1n) is 7.08. The SMILES string of the molecule is COCc1cn(CC=O)c(=O)c2c(-c3ccc(F)c(Cl)c3)csc12. The van der Waals surface area contributed by atoms with Crippen LogP contribution in [-0.4, -0.2) is 18.0 Å². The Morgan fingerprint density at radius 2 is 2.21 bits per heavy atom. The highest BCUT2D eigenvalue weighted by Gasteiger charge is 2.16. The van der Waals surface area contributed by atoms with E-state index in [0.29, 0.717) is 29.4 Å². The first kappa shape index (κ1) is 16.8. The second-order valence-corrected chi connectivity index (χ2v) is 6.48. The number of aldehydes is 1. The first-order chi connectivity index (χ1) is 11.6. The third kappa shape index (κ3) is 2.88. The Kier molecular flexibility index (Phi) is 4.80. The van der Waals surface area contributed by atoms with E-state index in [-0.39, 0.29) is 17.1 Å². The predicted octanol–water partition coefficient (Wildman–Crippen LogP) is 3.87. The minimum atomic E-state index is -0.515. The van der Waals surface area contributed by atoms with Gasteiger partial charge in [-0.1, -0.05) is 17.7 Å². The molecule has 0 aliphatic carbocycles. The molecule has 0 aliphatic heterocycles. The van der Waals surface area contributed by atoms with Gasteiger partial charge in [0.2, 0.25) is 0 Å². The minimum Gasteiger partial charge on any atom is -0.380 e. The number of carbonyl (C=O) groups is 1. The third-order valence-corrected chi connectivity index (χ3v) is 5.02. The van der Waals surface area contributed by atoms with Gasteiger partial charge in [-0.3, -0.25) is 4.79 Å². The van der Waals surface area contributed by atoms with Gasteiger partial charge in [-0.05, 0) is 17.7 Å². The van der Waals surface area contributed by atoms with Crippen LogP contribution in [0.5, 0.6) is 0 Å². The Balaban J connectivity index is 2.31. The van der Waals surface area contributed by atoms with Crippen molar-refractivity contribution >= 4 is 39.3 Å². The lowest BCUT2D eigenvalue weighted by atomic mass is 10.0.